The van der Waals surface area contributed by atoms with Gasteiger partial charge in [0.15, 0.2) is 0 Å². The highest BCUT2D eigenvalue weighted by Gasteiger charge is 2.27. The first-order valence-electron chi connectivity index (χ1n) is 7.88. The quantitative estimate of drug-likeness (QED) is 0.789. The van der Waals surface area contributed by atoms with Crippen molar-refractivity contribution in [3.05, 3.63) is 53.0 Å². The highest BCUT2D eigenvalue weighted by atomic mass is 16.4. The molecule has 7 heteroatoms. The van der Waals surface area contributed by atoms with Crippen LogP contribution in [0.5, 0.6) is 0 Å². The Morgan fingerprint density at radius 2 is 2.20 bits per heavy atom. The Bertz CT molecular complexity index is 1050. The topological polar surface area (TPSA) is 95.0 Å². The van der Waals surface area contributed by atoms with E-state index in [4.69, 9.17) is 5.11 Å². The van der Waals surface area contributed by atoms with Crippen molar-refractivity contribution in [3.63, 3.8) is 0 Å². The summed E-state index contributed by atoms with van der Waals surface area (Å²) in [6.45, 7) is 3.05. The molecule has 0 radical (unpaired) electrons. The summed E-state index contributed by atoms with van der Waals surface area (Å²) in [6.07, 6.45) is 1.69. The molecule has 0 bridgehead atoms. The van der Waals surface area contributed by atoms with E-state index in [1.165, 1.54) is 0 Å². The minimum absolute atomic E-state index is 0.122. The van der Waals surface area contributed by atoms with Crippen molar-refractivity contribution >= 4 is 22.6 Å². The number of aliphatic carboxylic acids is 1. The molecule has 0 saturated carbocycles. The van der Waals surface area contributed by atoms with Crippen molar-refractivity contribution in [2.24, 2.45) is 0 Å². The van der Waals surface area contributed by atoms with Crippen molar-refractivity contribution in [2.75, 3.05) is 4.90 Å². The summed E-state index contributed by atoms with van der Waals surface area (Å²) < 4.78 is 1.54. The molecule has 3 heterocycles. The predicted octanol–water partition coefficient (Wildman–Crippen LogP) is 2.22. The largest absolute Gasteiger partial charge is 0.480 e. The molecule has 25 heavy (non-hydrogen) atoms. The number of anilines is 1. The second-order valence-electron chi connectivity index (χ2n) is 6.06. The van der Waals surface area contributed by atoms with Gasteiger partial charge in [-0.3, -0.25) is 14.5 Å². The normalized spacial score (nSPS) is 13.0. The van der Waals surface area contributed by atoms with Gasteiger partial charge < -0.3 is 10.0 Å². The summed E-state index contributed by atoms with van der Waals surface area (Å²) in [5.74, 6) is -0.898. The molecule has 0 spiro atoms. The van der Waals surface area contributed by atoms with Crippen molar-refractivity contribution in [2.45, 2.75) is 26.6 Å². The van der Waals surface area contributed by atoms with Crippen LogP contribution in [0.1, 0.15) is 22.5 Å². The van der Waals surface area contributed by atoms with Crippen LogP contribution in [-0.4, -0.2) is 25.8 Å². The number of rotatable bonds is 3. The van der Waals surface area contributed by atoms with Crippen LogP contribution in [0.3, 0.4) is 0 Å². The number of carbonyl (C=O) groups is 1. The molecule has 4 rings (SSSR count). The van der Waals surface area contributed by atoms with Gasteiger partial charge in [-0.05, 0) is 31.2 Å². The minimum Gasteiger partial charge on any atom is -0.480 e. The van der Waals surface area contributed by atoms with Gasteiger partial charge in [0.05, 0.1) is 23.3 Å². The fourth-order valence-corrected chi connectivity index (χ4v) is 3.38. The van der Waals surface area contributed by atoms with Crippen LogP contribution >= 0.6 is 0 Å². The van der Waals surface area contributed by atoms with Gasteiger partial charge in [-0.15, -0.1) is 0 Å². The number of aromatic nitrogens is 3. The lowest BCUT2D eigenvalue weighted by Gasteiger charge is -2.20. The van der Waals surface area contributed by atoms with Gasteiger partial charge in [0.1, 0.15) is 12.6 Å². The van der Waals surface area contributed by atoms with Gasteiger partial charge >= 0.3 is 5.97 Å². The van der Waals surface area contributed by atoms with Gasteiger partial charge in [0.25, 0.3) is 0 Å². The van der Waals surface area contributed by atoms with Crippen LogP contribution in [0.4, 0.5) is 5.69 Å². The highest BCUT2D eigenvalue weighted by molar-refractivity contribution is 5.95. The summed E-state index contributed by atoms with van der Waals surface area (Å²) >= 11 is 0. The molecule has 0 atom stereocenters. The van der Waals surface area contributed by atoms with E-state index in [1.54, 1.807) is 16.9 Å². The zero-order chi connectivity index (χ0) is 17.6. The van der Waals surface area contributed by atoms with Crippen LogP contribution in [0.2, 0.25) is 0 Å². The first-order valence-corrected chi connectivity index (χ1v) is 7.88. The first kappa shape index (κ1) is 15.1. The lowest BCUT2D eigenvalue weighted by atomic mass is 10.1. The van der Waals surface area contributed by atoms with Gasteiger partial charge in [-0.1, -0.05) is 0 Å². The van der Waals surface area contributed by atoms with Crippen LogP contribution in [0.25, 0.3) is 10.9 Å². The van der Waals surface area contributed by atoms with Crippen molar-refractivity contribution in [1.29, 1.82) is 5.26 Å². The predicted molar refractivity (Wildman–Crippen MR) is 90.9 cm³/mol. The molecular weight excluding hydrogens is 318 g/mol. The highest BCUT2D eigenvalue weighted by Crippen LogP contribution is 2.34. The molecule has 0 fully saturated rings. The molecule has 2 aromatic heterocycles. The number of carboxylic acid groups (broad SMARTS) is 1. The average Bonchev–Trinajstić information content (AvgIpc) is 3.13. The minimum atomic E-state index is -0.898. The second kappa shape index (κ2) is 5.60. The molecule has 0 amide bonds. The number of hydrogen-bond acceptors (Lipinski definition) is 5. The van der Waals surface area contributed by atoms with Crippen molar-refractivity contribution < 1.29 is 9.90 Å². The monoisotopic (exact) mass is 333 g/mol. The maximum atomic E-state index is 10.9. The lowest BCUT2D eigenvalue weighted by molar-refractivity contribution is -0.137. The van der Waals surface area contributed by atoms with Crippen molar-refractivity contribution in [1.82, 2.24) is 14.8 Å². The Balaban J connectivity index is 1.72. The van der Waals surface area contributed by atoms with Gasteiger partial charge in [-0.2, -0.15) is 10.4 Å². The van der Waals surface area contributed by atoms with Gasteiger partial charge in [0, 0.05) is 35.1 Å². The Morgan fingerprint density at radius 1 is 1.36 bits per heavy atom. The molecule has 0 unspecified atom stereocenters. The Hall–Kier alpha value is -3.40. The summed E-state index contributed by atoms with van der Waals surface area (Å²) in [4.78, 5) is 17.5. The van der Waals surface area contributed by atoms with Crippen LogP contribution < -0.4 is 4.90 Å². The lowest BCUT2D eigenvalue weighted by Crippen LogP contribution is -2.19. The van der Waals surface area contributed by atoms with E-state index < -0.39 is 5.97 Å². The van der Waals surface area contributed by atoms with E-state index >= 15 is 0 Å². The smallest absolute Gasteiger partial charge is 0.325 e. The van der Waals surface area contributed by atoms with Gasteiger partial charge in [0.2, 0.25) is 0 Å². The SMILES string of the molecule is Cc1c2c(nn1CC(=O)O)CN(c1ccc(C#N)c3ncccc13)C2. The Kier molecular flexibility index (Phi) is 3.39. The number of fused-ring (bicyclic) bond motifs is 2. The fourth-order valence-electron chi connectivity index (χ4n) is 3.38. The van der Waals surface area contributed by atoms with E-state index in [0.717, 1.165) is 28.0 Å². The molecule has 1 aliphatic rings. The maximum Gasteiger partial charge on any atom is 0.325 e. The standard InChI is InChI=1S/C18H15N5O2/c1-11-14-8-22(9-15(14)21-23(11)10-17(24)25)16-5-4-12(7-19)18-13(16)3-2-6-20-18/h2-6H,8-10H2,1H3,(H,24,25). The third-order valence-corrected chi connectivity index (χ3v) is 4.60. The summed E-state index contributed by atoms with van der Waals surface area (Å²) in [5.41, 5.74) is 5.11. The third kappa shape index (κ3) is 2.39. The molecule has 1 aliphatic heterocycles. The van der Waals surface area contributed by atoms with Crippen LogP contribution in [0.15, 0.2) is 30.5 Å². The molecule has 124 valence electrons. The zero-order valence-electron chi connectivity index (χ0n) is 13.6. The number of nitrogens with zero attached hydrogens (tertiary/aromatic N) is 5. The van der Waals surface area contributed by atoms with E-state index in [-0.39, 0.29) is 6.54 Å². The van der Waals surface area contributed by atoms with Gasteiger partial charge in [-0.25, -0.2) is 0 Å². The van der Waals surface area contributed by atoms with E-state index in [0.29, 0.717) is 24.2 Å². The summed E-state index contributed by atoms with van der Waals surface area (Å²) in [5, 5.41) is 23.6. The van der Waals surface area contributed by atoms with E-state index in [2.05, 4.69) is 21.1 Å². The number of carboxylic acids is 1. The number of pyridine rings is 1. The summed E-state index contributed by atoms with van der Waals surface area (Å²) in [6, 6.07) is 9.74. The molecule has 7 nitrogen and oxygen atoms in total. The second-order valence-corrected chi connectivity index (χ2v) is 6.06. The van der Waals surface area contributed by atoms with E-state index in [9.17, 15) is 10.1 Å². The molecule has 1 N–H and O–H groups in total. The van der Waals surface area contributed by atoms with E-state index in [1.807, 2.05) is 25.1 Å². The number of nitriles is 1. The Labute approximate surface area is 143 Å². The third-order valence-electron chi connectivity index (χ3n) is 4.60. The number of benzene rings is 1. The molecule has 0 aliphatic carbocycles. The molecule has 3 aromatic rings. The van der Waals surface area contributed by atoms with Crippen LogP contribution in [-0.2, 0) is 24.4 Å². The molecule has 1 aromatic carbocycles. The zero-order valence-corrected chi connectivity index (χ0v) is 13.6. The number of hydrogen-bond donors (Lipinski definition) is 1. The first-order chi connectivity index (χ1) is 12.1. The van der Waals surface area contributed by atoms with Crippen LogP contribution in [0, 0.1) is 18.3 Å². The molecular formula is C18H15N5O2. The Morgan fingerprint density at radius 3 is 2.92 bits per heavy atom. The van der Waals surface area contributed by atoms with Crippen molar-refractivity contribution in [3.8, 4) is 6.07 Å². The fraction of sp³-hybridized carbons (Fsp3) is 0.222. The summed E-state index contributed by atoms with van der Waals surface area (Å²) in [7, 11) is 0. The molecule has 0 saturated heterocycles. The maximum absolute atomic E-state index is 10.9. The average molecular weight is 333 g/mol.